The number of primary amides is 1. The van der Waals surface area contributed by atoms with E-state index in [2.05, 4.69) is 0 Å². The Morgan fingerprint density at radius 1 is 0.880 bits per heavy atom. The number of hydrogen-bond donors (Lipinski definition) is 3. The summed E-state index contributed by atoms with van der Waals surface area (Å²) >= 11 is 0. The maximum absolute atomic E-state index is 11.6. The first-order valence-electron chi connectivity index (χ1n) is 8.72. The highest BCUT2D eigenvalue weighted by Crippen LogP contribution is 2.29. The van der Waals surface area contributed by atoms with E-state index in [1.807, 2.05) is 0 Å². The second kappa shape index (κ2) is 12.3. The molecule has 0 aromatic heterocycles. The summed E-state index contributed by atoms with van der Waals surface area (Å²) in [7, 11) is 0. The summed E-state index contributed by atoms with van der Waals surface area (Å²) < 4.78 is 11.4. The first-order valence-corrected chi connectivity index (χ1v) is 8.72. The SMILES string of the molecule is NCCCCCOc1cc(OCCCCCN)c(C(N)=O)cc1C=O. The quantitative estimate of drug-likeness (QED) is 0.345. The summed E-state index contributed by atoms with van der Waals surface area (Å²) in [6.45, 7) is 2.20. The Morgan fingerprint density at radius 3 is 1.92 bits per heavy atom. The van der Waals surface area contributed by atoms with Crippen LogP contribution in [0.1, 0.15) is 59.2 Å². The molecule has 7 nitrogen and oxygen atoms in total. The molecular weight excluding hydrogens is 322 g/mol. The monoisotopic (exact) mass is 351 g/mol. The van der Waals surface area contributed by atoms with Gasteiger partial charge in [0.25, 0.3) is 5.91 Å². The number of nitrogens with two attached hydrogens (primary N) is 3. The summed E-state index contributed by atoms with van der Waals surface area (Å²) in [5.74, 6) is 0.0852. The zero-order chi connectivity index (χ0) is 18.5. The lowest BCUT2D eigenvalue weighted by Crippen LogP contribution is -2.15. The van der Waals surface area contributed by atoms with Crippen LogP contribution in [0.3, 0.4) is 0 Å². The van der Waals surface area contributed by atoms with E-state index in [9.17, 15) is 9.59 Å². The molecule has 0 atom stereocenters. The first kappa shape index (κ1) is 20.9. The molecule has 0 unspecified atom stereocenters. The Balaban J connectivity index is 2.79. The van der Waals surface area contributed by atoms with Crippen LogP contribution < -0.4 is 26.7 Å². The lowest BCUT2D eigenvalue weighted by molar-refractivity contribution is 0.0996. The zero-order valence-electron chi connectivity index (χ0n) is 14.7. The number of rotatable bonds is 14. The highest BCUT2D eigenvalue weighted by atomic mass is 16.5. The van der Waals surface area contributed by atoms with Crippen LogP contribution in [0, 0.1) is 0 Å². The van der Waals surface area contributed by atoms with Crippen molar-refractivity contribution in [1.82, 2.24) is 0 Å². The van der Waals surface area contributed by atoms with Crippen LogP contribution in [-0.2, 0) is 0 Å². The van der Waals surface area contributed by atoms with E-state index in [1.54, 1.807) is 6.07 Å². The molecule has 1 rings (SSSR count). The number of unbranched alkanes of at least 4 members (excludes halogenated alkanes) is 4. The van der Waals surface area contributed by atoms with Crippen molar-refractivity contribution in [2.75, 3.05) is 26.3 Å². The van der Waals surface area contributed by atoms with Crippen LogP contribution >= 0.6 is 0 Å². The van der Waals surface area contributed by atoms with Gasteiger partial charge in [-0.3, -0.25) is 9.59 Å². The fraction of sp³-hybridized carbons (Fsp3) is 0.556. The van der Waals surface area contributed by atoms with E-state index in [0.29, 0.717) is 44.1 Å². The summed E-state index contributed by atoms with van der Waals surface area (Å²) in [5, 5.41) is 0. The summed E-state index contributed by atoms with van der Waals surface area (Å²) in [6.07, 6.45) is 6.06. The van der Waals surface area contributed by atoms with Crippen molar-refractivity contribution in [2.45, 2.75) is 38.5 Å². The van der Waals surface area contributed by atoms with E-state index in [1.165, 1.54) is 6.07 Å². The molecule has 7 heteroatoms. The van der Waals surface area contributed by atoms with E-state index < -0.39 is 5.91 Å². The number of ether oxygens (including phenoxy) is 2. The van der Waals surface area contributed by atoms with Crippen molar-refractivity contribution < 1.29 is 19.1 Å². The van der Waals surface area contributed by atoms with Crippen molar-refractivity contribution in [3.63, 3.8) is 0 Å². The molecule has 6 N–H and O–H groups in total. The molecule has 0 aliphatic carbocycles. The number of amides is 1. The Bertz CT molecular complexity index is 549. The van der Waals surface area contributed by atoms with Gasteiger partial charge in [-0.1, -0.05) is 0 Å². The van der Waals surface area contributed by atoms with Crippen molar-refractivity contribution in [1.29, 1.82) is 0 Å². The van der Waals surface area contributed by atoms with Crippen LogP contribution in [0.15, 0.2) is 12.1 Å². The van der Waals surface area contributed by atoms with Gasteiger partial charge >= 0.3 is 0 Å². The maximum atomic E-state index is 11.6. The second-order valence-electron chi connectivity index (χ2n) is 5.76. The molecule has 0 saturated heterocycles. The third-order valence-electron chi connectivity index (χ3n) is 3.72. The highest BCUT2D eigenvalue weighted by molar-refractivity contribution is 5.98. The summed E-state index contributed by atoms with van der Waals surface area (Å²) in [5.41, 5.74) is 16.8. The Morgan fingerprint density at radius 2 is 1.44 bits per heavy atom. The van der Waals surface area contributed by atoms with Crippen LogP contribution in [-0.4, -0.2) is 38.5 Å². The lowest BCUT2D eigenvalue weighted by atomic mass is 10.1. The van der Waals surface area contributed by atoms with Gasteiger partial charge in [0.15, 0.2) is 6.29 Å². The standard InChI is InChI=1S/C18H29N3O4/c19-7-3-1-5-9-24-16-12-17(25-10-6-2-4-8-20)15(18(21)23)11-14(16)13-22/h11-13H,1-10,19-20H2,(H2,21,23). The Labute approximate surface area is 148 Å². The highest BCUT2D eigenvalue weighted by Gasteiger charge is 2.16. The molecule has 1 aromatic rings. The van der Waals surface area contributed by atoms with Gasteiger partial charge in [0, 0.05) is 6.07 Å². The maximum Gasteiger partial charge on any atom is 0.252 e. The number of carbonyl (C=O) groups is 2. The molecule has 0 radical (unpaired) electrons. The Kier molecular flexibility index (Phi) is 10.3. The molecule has 140 valence electrons. The van der Waals surface area contributed by atoms with Gasteiger partial charge in [-0.2, -0.15) is 0 Å². The van der Waals surface area contributed by atoms with Crippen molar-refractivity contribution in [2.24, 2.45) is 17.2 Å². The predicted molar refractivity (Wildman–Crippen MR) is 97.1 cm³/mol. The third kappa shape index (κ3) is 7.53. The van der Waals surface area contributed by atoms with Gasteiger partial charge in [-0.05, 0) is 57.7 Å². The van der Waals surface area contributed by atoms with Gasteiger partial charge in [-0.15, -0.1) is 0 Å². The molecule has 1 amide bonds. The van der Waals surface area contributed by atoms with Gasteiger partial charge in [0.05, 0.1) is 24.3 Å². The molecule has 0 saturated carbocycles. The van der Waals surface area contributed by atoms with E-state index in [0.717, 1.165) is 38.5 Å². The number of carbonyl (C=O) groups excluding carboxylic acids is 2. The number of benzene rings is 1. The summed E-state index contributed by atoms with van der Waals surface area (Å²) in [6, 6.07) is 2.98. The minimum Gasteiger partial charge on any atom is -0.493 e. The van der Waals surface area contributed by atoms with Crippen LogP contribution in [0.2, 0.25) is 0 Å². The van der Waals surface area contributed by atoms with Crippen LogP contribution in [0.5, 0.6) is 11.5 Å². The van der Waals surface area contributed by atoms with Crippen molar-refractivity contribution in [3.05, 3.63) is 23.3 Å². The van der Waals surface area contributed by atoms with Crippen molar-refractivity contribution in [3.8, 4) is 11.5 Å². The minimum atomic E-state index is -0.644. The predicted octanol–water partition coefficient (Wildman–Crippen LogP) is 1.61. The summed E-state index contributed by atoms with van der Waals surface area (Å²) in [4.78, 5) is 22.9. The van der Waals surface area contributed by atoms with Gasteiger partial charge in [-0.25, -0.2) is 0 Å². The average molecular weight is 351 g/mol. The van der Waals surface area contributed by atoms with E-state index in [-0.39, 0.29) is 11.1 Å². The normalized spacial score (nSPS) is 10.5. The second-order valence-corrected chi connectivity index (χ2v) is 5.76. The molecular formula is C18H29N3O4. The molecule has 0 heterocycles. The topological polar surface area (TPSA) is 131 Å². The van der Waals surface area contributed by atoms with Gasteiger partial charge in [0.1, 0.15) is 11.5 Å². The van der Waals surface area contributed by atoms with Crippen LogP contribution in [0.4, 0.5) is 0 Å². The minimum absolute atomic E-state index is 0.177. The number of aldehydes is 1. The van der Waals surface area contributed by atoms with E-state index >= 15 is 0 Å². The molecule has 0 bridgehead atoms. The third-order valence-corrected chi connectivity index (χ3v) is 3.72. The fourth-order valence-corrected chi connectivity index (χ4v) is 2.32. The fourth-order valence-electron chi connectivity index (χ4n) is 2.32. The molecule has 1 aromatic carbocycles. The molecule has 0 aliphatic heterocycles. The largest absolute Gasteiger partial charge is 0.493 e. The van der Waals surface area contributed by atoms with Crippen molar-refractivity contribution >= 4 is 12.2 Å². The van der Waals surface area contributed by atoms with Gasteiger partial charge < -0.3 is 26.7 Å². The van der Waals surface area contributed by atoms with E-state index in [4.69, 9.17) is 26.7 Å². The molecule has 0 aliphatic rings. The average Bonchev–Trinajstić information content (AvgIpc) is 2.61. The molecule has 25 heavy (non-hydrogen) atoms. The molecule has 0 fully saturated rings. The first-order chi connectivity index (χ1) is 12.1. The van der Waals surface area contributed by atoms with Gasteiger partial charge in [0.2, 0.25) is 0 Å². The lowest BCUT2D eigenvalue weighted by Gasteiger charge is -2.14. The smallest absolute Gasteiger partial charge is 0.252 e. The zero-order valence-corrected chi connectivity index (χ0v) is 14.7. The van der Waals surface area contributed by atoms with Crippen LogP contribution in [0.25, 0.3) is 0 Å². The number of hydrogen-bond acceptors (Lipinski definition) is 6. The molecule has 0 spiro atoms. The Hall–Kier alpha value is -2.12.